The number of hydrazine groups is 1. The summed E-state index contributed by atoms with van der Waals surface area (Å²) in [7, 11) is 1.67. The minimum atomic E-state index is -0.0856. The lowest BCUT2D eigenvalue weighted by atomic mass is 10.5. The lowest BCUT2D eigenvalue weighted by Crippen LogP contribution is -2.45. The van der Waals surface area contributed by atoms with Crippen molar-refractivity contribution in [2.24, 2.45) is 0 Å². The number of amides is 1. The summed E-state index contributed by atoms with van der Waals surface area (Å²) in [5.74, 6) is -0.0856. The Labute approximate surface area is 65.3 Å². The number of nitrogens with one attached hydrogen (secondary N) is 3. The molecule has 0 atom stereocenters. The van der Waals surface area contributed by atoms with Gasteiger partial charge in [0.2, 0.25) is 5.91 Å². The Kier molecular flexibility index (Phi) is 4.57. The molecule has 0 aliphatic rings. The summed E-state index contributed by atoms with van der Waals surface area (Å²) in [6, 6.07) is 0. The Balaban J connectivity index is 3.35. The predicted molar refractivity (Wildman–Crippen MR) is 43.2 cm³/mol. The highest BCUT2D eigenvalue weighted by Gasteiger charge is 1.94. The lowest BCUT2D eigenvalue weighted by Gasteiger charge is -2.06. The van der Waals surface area contributed by atoms with Gasteiger partial charge < -0.3 is 5.32 Å². The van der Waals surface area contributed by atoms with Gasteiger partial charge in [0.15, 0.2) is 5.11 Å². The molecule has 0 heterocycles. The van der Waals surface area contributed by atoms with Crippen LogP contribution in [0.2, 0.25) is 0 Å². The molecule has 4 nitrogen and oxygen atoms in total. The molecule has 0 radical (unpaired) electrons. The van der Waals surface area contributed by atoms with Crippen molar-refractivity contribution in [1.82, 2.24) is 16.2 Å². The molecule has 0 rings (SSSR count). The Morgan fingerprint density at radius 1 is 1.50 bits per heavy atom. The van der Waals surface area contributed by atoms with Crippen molar-refractivity contribution in [3.8, 4) is 0 Å². The minimum absolute atomic E-state index is 0.0856. The molecule has 58 valence electrons. The Hall–Kier alpha value is -0.840. The van der Waals surface area contributed by atoms with Crippen LogP contribution < -0.4 is 16.2 Å². The SMILES string of the molecule is CCC(=O)NNC(=S)NC. The summed E-state index contributed by atoms with van der Waals surface area (Å²) < 4.78 is 0. The number of hydrogen-bond acceptors (Lipinski definition) is 2. The number of carbonyl (C=O) groups is 1. The quantitative estimate of drug-likeness (QED) is 0.359. The standard InChI is InChI=1S/C5H11N3OS/c1-3-4(9)7-8-5(10)6-2/h3H2,1-2H3,(H,7,9)(H2,6,8,10). The Morgan fingerprint density at radius 3 is 2.50 bits per heavy atom. The van der Waals surface area contributed by atoms with Crippen molar-refractivity contribution < 1.29 is 4.79 Å². The average Bonchev–Trinajstić information content (AvgIpc) is 1.99. The van der Waals surface area contributed by atoms with Crippen LogP contribution in [-0.2, 0) is 4.79 Å². The second kappa shape index (κ2) is 4.99. The monoisotopic (exact) mass is 161 g/mol. The highest BCUT2D eigenvalue weighted by atomic mass is 32.1. The zero-order valence-electron chi connectivity index (χ0n) is 6.02. The van der Waals surface area contributed by atoms with Gasteiger partial charge in [0.1, 0.15) is 0 Å². The zero-order chi connectivity index (χ0) is 7.98. The predicted octanol–water partition coefficient (Wildman–Crippen LogP) is -0.479. The maximum Gasteiger partial charge on any atom is 0.238 e. The van der Waals surface area contributed by atoms with Crippen molar-refractivity contribution in [1.29, 1.82) is 0 Å². The molecule has 0 saturated heterocycles. The molecule has 0 spiro atoms. The fraction of sp³-hybridized carbons (Fsp3) is 0.600. The van der Waals surface area contributed by atoms with E-state index in [1.54, 1.807) is 14.0 Å². The van der Waals surface area contributed by atoms with E-state index >= 15 is 0 Å². The van der Waals surface area contributed by atoms with Gasteiger partial charge in [0, 0.05) is 13.5 Å². The molecule has 5 heteroatoms. The van der Waals surface area contributed by atoms with Crippen LogP contribution >= 0.6 is 12.2 Å². The Morgan fingerprint density at radius 2 is 2.10 bits per heavy atom. The van der Waals surface area contributed by atoms with Crippen LogP contribution in [0.5, 0.6) is 0 Å². The van der Waals surface area contributed by atoms with Gasteiger partial charge in [0.05, 0.1) is 0 Å². The van der Waals surface area contributed by atoms with Gasteiger partial charge in [-0.15, -0.1) is 0 Å². The maximum atomic E-state index is 10.6. The van der Waals surface area contributed by atoms with E-state index < -0.39 is 0 Å². The molecule has 0 aromatic carbocycles. The molecule has 0 aliphatic carbocycles. The molecule has 0 bridgehead atoms. The molecular weight excluding hydrogens is 150 g/mol. The summed E-state index contributed by atoms with van der Waals surface area (Å²) in [5.41, 5.74) is 4.89. The van der Waals surface area contributed by atoms with Crippen molar-refractivity contribution in [2.75, 3.05) is 7.05 Å². The fourth-order valence-electron chi connectivity index (χ4n) is 0.277. The van der Waals surface area contributed by atoms with E-state index in [2.05, 4.69) is 28.4 Å². The van der Waals surface area contributed by atoms with E-state index in [0.29, 0.717) is 11.5 Å². The van der Waals surface area contributed by atoms with Gasteiger partial charge in [0.25, 0.3) is 0 Å². The fourth-order valence-corrected chi connectivity index (χ4v) is 0.328. The normalized spacial score (nSPS) is 8.20. The summed E-state index contributed by atoms with van der Waals surface area (Å²) in [6.07, 6.45) is 0.444. The first-order chi connectivity index (χ1) is 4.70. The summed E-state index contributed by atoms with van der Waals surface area (Å²) >= 11 is 4.68. The van der Waals surface area contributed by atoms with Crippen molar-refractivity contribution in [3.05, 3.63) is 0 Å². The van der Waals surface area contributed by atoms with Gasteiger partial charge in [-0.25, -0.2) is 0 Å². The summed E-state index contributed by atoms with van der Waals surface area (Å²) in [6.45, 7) is 1.76. The van der Waals surface area contributed by atoms with Crippen LogP contribution in [0.1, 0.15) is 13.3 Å². The molecule has 0 saturated carbocycles. The third kappa shape index (κ3) is 4.08. The van der Waals surface area contributed by atoms with E-state index in [4.69, 9.17) is 0 Å². The number of rotatable bonds is 1. The van der Waals surface area contributed by atoms with Crippen LogP contribution in [0.4, 0.5) is 0 Å². The van der Waals surface area contributed by atoms with Crippen LogP contribution in [0.3, 0.4) is 0 Å². The first kappa shape index (κ1) is 9.16. The van der Waals surface area contributed by atoms with Gasteiger partial charge in [-0.1, -0.05) is 6.92 Å². The summed E-state index contributed by atoms with van der Waals surface area (Å²) in [4.78, 5) is 10.6. The van der Waals surface area contributed by atoms with Crippen LogP contribution in [-0.4, -0.2) is 18.1 Å². The molecule has 10 heavy (non-hydrogen) atoms. The molecule has 0 aromatic rings. The Bertz CT molecular complexity index is 121. The minimum Gasteiger partial charge on any atom is -0.364 e. The molecule has 0 unspecified atom stereocenters. The van der Waals surface area contributed by atoms with Gasteiger partial charge >= 0.3 is 0 Å². The number of carbonyl (C=O) groups excluding carboxylic acids is 1. The lowest BCUT2D eigenvalue weighted by molar-refractivity contribution is -0.121. The molecule has 1 amide bonds. The van der Waals surface area contributed by atoms with Crippen molar-refractivity contribution in [3.63, 3.8) is 0 Å². The average molecular weight is 161 g/mol. The van der Waals surface area contributed by atoms with Crippen LogP contribution in [0.15, 0.2) is 0 Å². The number of hydrogen-bond donors (Lipinski definition) is 3. The van der Waals surface area contributed by atoms with E-state index in [1.807, 2.05) is 0 Å². The van der Waals surface area contributed by atoms with E-state index in [-0.39, 0.29) is 5.91 Å². The van der Waals surface area contributed by atoms with Crippen LogP contribution in [0.25, 0.3) is 0 Å². The van der Waals surface area contributed by atoms with Crippen molar-refractivity contribution in [2.45, 2.75) is 13.3 Å². The van der Waals surface area contributed by atoms with Gasteiger partial charge in [-0.2, -0.15) is 0 Å². The van der Waals surface area contributed by atoms with Crippen molar-refractivity contribution >= 4 is 23.2 Å². The second-order valence-electron chi connectivity index (χ2n) is 1.61. The summed E-state index contributed by atoms with van der Waals surface area (Å²) in [5, 5.41) is 3.05. The highest BCUT2D eigenvalue weighted by molar-refractivity contribution is 7.80. The van der Waals surface area contributed by atoms with E-state index in [0.717, 1.165) is 0 Å². The topological polar surface area (TPSA) is 53.2 Å². The maximum absolute atomic E-state index is 10.6. The number of thiocarbonyl (C=S) groups is 1. The molecular formula is C5H11N3OS. The smallest absolute Gasteiger partial charge is 0.238 e. The second-order valence-corrected chi connectivity index (χ2v) is 2.01. The molecule has 3 N–H and O–H groups in total. The largest absolute Gasteiger partial charge is 0.364 e. The third-order valence-corrected chi connectivity index (χ3v) is 1.17. The van der Waals surface area contributed by atoms with Gasteiger partial charge in [-0.3, -0.25) is 15.6 Å². The first-order valence-corrected chi connectivity index (χ1v) is 3.38. The molecule has 0 fully saturated rings. The van der Waals surface area contributed by atoms with Crippen LogP contribution in [0, 0.1) is 0 Å². The first-order valence-electron chi connectivity index (χ1n) is 2.97. The van der Waals surface area contributed by atoms with E-state index in [1.165, 1.54) is 0 Å². The third-order valence-electron chi connectivity index (χ3n) is 0.864. The van der Waals surface area contributed by atoms with Gasteiger partial charge in [-0.05, 0) is 12.2 Å². The zero-order valence-corrected chi connectivity index (χ0v) is 6.84. The molecule has 0 aliphatic heterocycles. The molecule has 0 aromatic heterocycles. The van der Waals surface area contributed by atoms with E-state index in [9.17, 15) is 4.79 Å². The highest BCUT2D eigenvalue weighted by Crippen LogP contribution is 1.70.